The molecule has 3 rings (SSSR count). The summed E-state index contributed by atoms with van der Waals surface area (Å²) in [5.74, 6) is 0.0106. The quantitative estimate of drug-likeness (QED) is 0.386. The first kappa shape index (κ1) is 24.3. The van der Waals surface area contributed by atoms with Crippen LogP contribution in [0.1, 0.15) is 17.0 Å². The van der Waals surface area contributed by atoms with Gasteiger partial charge < -0.3 is 9.30 Å². The number of ether oxygens (including phenoxy) is 1. The van der Waals surface area contributed by atoms with Gasteiger partial charge in [-0.25, -0.2) is 13.8 Å². The van der Waals surface area contributed by atoms with Gasteiger partial charge in [0.05, 0.1) is 25.3 Å². The van der Waals surface area contributed by atoms with Crippen LogP contribution in [0.15, 0.2) is 59.7 Å². The number of carbonyl (C=O) groups is 1. The zero-order chi connectivity index (χ0) is 24.2. The molecule has 1 aromatic heterocycles. The zero-order valence-corrected chi connectivity index (χ0v) is 20.3. The number of sulfonamides is 1. The number of hydrogen-bond donors (Lipinski definition) is 1. The number of methoxy groups -OCH3 is 1. The van der Waals surface area contributed by atoms with Gasteiger partial charge in [0.15, 0.2) is 0 Å². The Morgan fingerprint density at radius 3 is 2.36 bits per heavy atom. The highest BCUT2D eigenvalue weighted by molar-refractivity contribution is 7.92. The highest BCUT2D eigenvalue weighted by atomic mass is 35.5. The molecule has 0 aliphatic heterocycles. The summed E-state index contributed by atoms with van der Waals surface area (Å²) in [5, 5.41) is 4.68. The van der Waals surface area contributed by atoms with Crippen LogP contribution in [-0.4, -0.2) is 45.0 Å². The van der Waals surface area contributed by atoms with E-state index < -0.39 is 22.5 Å². The number of aryl methyl sites for hydroxylation is 1. The maximum atomic E-state index is 12.4. The molecule has 0 saturated carbocycles. The van der Waals surface area contributed by atoms with Crippen LogP contribution < -0.4 is 14.5 Å². The molecule has 0 radical (unpaired) electrons. The molecule has 0 atom stereocenters. The number of aromatic nitrogens is 1. The number of nitrogens with one attached hydrogen (secondary N) is 1. The van der Waals surface area contributed by atoms with Crippen LogP contribution in [0, 0.1) is 13.8 Å². The summed E-state index contributed by atoms with van der Waals surface area (Å²) in [5.41, 5.74) is 6.46. The monoisotopic (exact) mass is 488 g/mol. The molecule has 1 amide bonds. The van der Waals surface area contributed by atoms with E-state index in [1.54, 1.807) is 24.3 Å². The Kier molecular flexibility index (Phi) is 7.45. The van der Waals surface area contributed by atoms with Gasteiger partial charge >= 0.3 is 0 Å². The van der Waals surface area contributed by atoms with Crippen molar-refractivity contribution in [2.24, 2.45) is 5.10 Å². The fraction of sp³-hybridized carbons (Fsp3) is 0.217. The third-order valence-corrected chi connectivity index (χ3v) is 6.39. The van der Waals surface area contributed by atoms with Crippen LogP contribution in [0.4, 0.5) is 5.69 Å². The number of rotatable bonds is 8. The summed E-state index contributed by atoms with van der Waals surface area (Å²) < 4.78 is 32.6. The van der Waals surface area contributed by atoms with Crippen molar-refractivity contribution < 1.29 is 17.9 Å². The van der Waals surface area contributed by atoms with Crippen molar-refractivity contribution in [3.05, 3.63) is 76.6 Å². The molecular weight excluding hydrogens is 464 g/mol. The molecule has 10 heteroatoms. The number of carbonyl (C=O) groups excluding carboxylic acids is 1. The fourth-order valence-corrected chi connectivity index (χ4v) is 4.38. The van der Waals surface area contributed by atoms with Gasteiger partial charge in [0.1, 0.15) is 12.3 Å². The number of amides is 1. The van der Waals surface area contributed by atoms with Gasteiger partial charge in [-0.3, -0.25) is 9.10 Å². The highest BCUT2D eigenvalue weighted by Gasteiger charge is 2.20. The molecule has 0 aliphatic rings. The van der Waals surface area contributed by atoms with E-state index in [4.69, 9.17) is 16.3 Å². The van der Waals surface area contributed by atoms with Crippen molar-refractivity contribution in [1.82, 2.24) is 9.99 Å². The Hall–Kier alpha value is -3.30. The van der Waals surface area contributed by atoms with Crippen LogP contribution in [0.2, 0.25) is 5.02 Å². The molecule has 0 aliphatic carbocycles. The van der Waals surface area contributed by atoms with E-state index in [1.807, 2.05) is 44.2 Å². The van der Waals surface area contributed by atoms with Crippen molar-refractivity contribution >= 4 is 39.4 Å². The SMILES string of the molecule is COc1ccc(N(CC(=O)N/N=C/c2cc(C)n(-c3ccc(Cl)cc3)c2C)S(C)(=O)=O)cc1. The van der Waals surface area contributed by atoms with Crippen molar-refractivity contribution in [2.75, 3.05) is 24.2 Å². The summed E-state index contributed by atoms with van der Waals surface area (Å²) in [4.78, 5) is 12.4. The topological polar surface area (TPSA) is 93.0 Å². The van der Waals surface area contributed by atoms with Crippen LogP contribution in [0.5, 0.6) is 5.75 Å². The summed E-state index contributed by atoms with van der Waals surface area (Å²) in [6.07, 6.45) is 2.57. The molecule has 174 valence electrons. The third kappa shape index (κ3) is 5.94. The largest absolute Gasteiger partial charge is 0.497 e. The van der Waals surface area contributed by atoms with E-state index in [0.717, 1.165) is 33.2 Å². The normalized spacial score (nSPS) is 11.5. The second kappa shape index (κ2) is 10.1. The molecule has 0 spiro atoms. The van der Waals surface area contributed by atoms with Crippen molar-refractivity contribution in [2.45, 2.75) is 13.8 Å². The Morgan fingerprint density at radius 2 is 1.79 bits per heavy atom. The number of anilines is 1. The molecular formula is C23H25ClN4O4S. The Balaban J connectivity index is 1.72. The minimum absolute atomic E-state index is 0.351. The molecule has 8 nitrogen and oxygen atoms in total. The van der Waals surface area contributed by atoms with E-state index in [-0.39, 0.29) is 0 Å². The molecule has 0 unspecified atom stereocenters. The van der Waals surface area contributed by atoms with E-state index in [2.05, 4.69) is 15.1 Å². The molecule has 33 heavy (non-hydrogen) atoms. The van der Waals surface area contributed by atoms with Crippen LogP contribution >= 0.6 is 11.6 Å². The van der Waals surface area contributed by atoms with Gasteiger partial charge in [0, 0.05) is 27.7 Å². The molecule has 0 saturated heterocycles. The number of hydrogen-bond acceptors (Lipinski definition) is 5. The lowest BCUT2D eigenvalue weighted by molar-refractivity contribution is -0.119. The summed E-state index contributed by atoms with van der Waals surface area (Å²) >= 11 is 5.98. The molecule has 0 bridgehead atoms. The molecule has 2 aromatic carbocycles. The average Bonchev–Trinajstić information content (AvgIpc) is 3.05. The predicted octanol–water partition coefficient (Wildman–Crippen LogP) is 3.67. The number of nitrogens with zero attached hydrogens (tertiary/aromatic N) is 3. The van der Waals surface area contributed by atoms with Gasteiger partial charge in [-0.05, 0) is 68.4 Å². The highest BCUT2D eigenvalue weighted by Crippen LogP contribution is 2.22. The van der Waals surface area contributed by atoms with Gasteiger partial charge in [-0.15, -0.1) is 0 Å². The van der Waals surface area contributed by atoms with Gasteiger partial charge in [0.2, 0.25) is 10.0 Å². The van der Waals surface area contributed by atoms with Gasteiger partial charge in [-0.1, -0.05) is 11.6 Å². The van der Waals surface area contributed by atoms with E-state index >= 15 is 0 Å². The molecule has 1 heterocycles. The number of benzene rings is 2. The first-order valence-electron chi connectivity index (χ1n) is 9.98. The molecule has 3 aromatic rings. The second-order valence-corrected chi connectivity index (χ2v) is 9.74. The van der Waals surface area contributed by atoms with E-state index in [1.165, 1.54) is 13.3 Å². The summed E-state index contributed by atoms with van der Waals surface area (Å²) in [7, 11) is -2.17. The van der Waals surface area contributed by atoms with Crippen molar-refractivity contribution in [3.8, 4) is 11.4 Å². The summed E-state index contributed by atoms with van der Waals surface area (Å²) in [6.45, 7) is 3.50. The lowest BCUT2D eigenvalue weighted by Crippen LogP contribution is -2.39. The zero-order valence-electron chi connectivity index (χ0n) is 18.7. The van der Waals surface area contributed by atoms with Gasteiger partial charge in [-0.2, -0.15) is 5.10 Å². The summed E-state index contributed by atoms with van der Waals surface area (Å²) in [6, 6.07) is 15.8. The molecule has 0 fully saturated rings. The number of hydrazone groups is 1. The lowest BCUT2D eigenvalue weighted by Gasteiger charge is -2.21. The lowest BCUT2D eigenvalue weighted by atomic mass is 10.2. The fourth-order valence-electron chi connectivity index (χ4n) is 3.39. The Bertz CT molecular complexity index is 1270. The van der Waals surface area contributed by atoms with Crippen LogP contribution in [-0.2, 0) is 14.8 Å². The van der Waals surface area contributed by atoms with E-state index in [9.17, 15) is 13.2 Å². The average molecular weight is 489 g/mol. The first-order valence-corrected chi connectivity index (χ1v) is 12.2. The Morgan fingerprint density at radius 1 is 1.15 bits per heavy atom. The predicted molar refractivity (Wildman–Crippen MR) is 131 cm³/mol. The van der Waals surface area contributed by atoms with E-state index in [0.29, 0.717) is 16.5 Å². The first-order chi connectivity index (χ1) is 15.6. The molecule has 1 N–H and O–H groups in total. The standard InChI is InChI=1S/C23H25ClN4O4S/c1-16-13-18(17(2)28(16)21-7-5-19(24)6-8-21)14-25-26-23(29)15-27(33(4,30)31)20-9-11-22(32-3)12-10-20/h5-14H,15H2,1-4H3,(H,26,29)/b25-14+. The minimum Gasteiger partial charge on any atom is -0.497 e. The maximum Gasteiger partial charge on any atom is 0.260 e. The van der Waals surface area contributed by atoms with Crippen LogP contribution in [0.25, 0.3) is 5.69 Å². The Labute approximate surface area is 198 Å². The van der Waals surface area contributed by atoms with Crippen molar-refractivity contribution in [3.63, 3.8) is 0 Å². The van der Waals surface area contributed by atoms with Gasteiger partial charge in [0.25, 0.3) is 5.91 Å². The second-order valence-electron chi connectivity index (χ2n) is 7.40. The smallest absolute Gasteiger partial charge is 0.260 e. The maximum absolute atomic E-state index is 12.4. The minimum atomic E-state index is -3.69. The van der Waals surface area contributed by atoms with Crippen molar-refractivity contribution in [1.29, 1.82) is 0 Å². The van der Waals surface area contributed by atoms with Crippen LogP contribution in [0.3, 0.4) is 0 Å². The number of halogens is 1. The third-order valence-electron chi connectivity index (χ3n) is 5.00.